The predicted molar refractivity (Wildman–Crippen MR) is 121 cm³/mol. The summed E-state index contributed by atoms with van der Waals surface area (Å²) in [6.45, 7) is 5.43. The average Bonchev–Trinajstić information content (AvgIpc) is 2.72. The molecule has 174 valence electrons. The fraction of sp³-hybridized carbons (Fsp3) is 0.364. The van der Waals surface area contributed by atoms with Crippen molar-refractivity contribution in [3.05, 3.63) is 59.9 Å². The van der Waals surface area contributed by atoms with E-state index in [4.69, 9.17) is 4.74 Å². The summed E-state index contributed by atoms with van der Waals surface area (Å²) in [5.41, 5.74) is 0.433. The van der Waals surface area contributed by atoms with Gasteiger partial charge in [0.25, 0.3) is 5.91 Å². The number of amides is 2. The van der Waals surface area contributed by atoms with E-state index in [0.29, 0.717) is 17.0 Å². The van der Waals surface area contributed by atoms with Crippen LogP contribution in [0.3, 0.4) is 0 Å². The molecule has 0 radical (unpaired) electrons. The highest BCUT2D eigenvalue weighted by atomic mass is 32.2. The molecule has 32 heavy (non-hydrogen) atoms. The summed E-state index contributed by atoms with van der Waals surface area (Å²) >= 11 is 0. The molecule has 0 aliphatic rings. The fourth-order valence-corrected chi connectivity index (χ4v) is 3.24. The van der Waals surface area contributed by atoms with Gasteiger partial charge in [-0.2, -0.15) is 0 Å². The maximum Gasteiger partial charge on any atom is 0.251 e. The average molecular weight is 466 g/mol. The summed E-state index contributed by atoms with van der Waals surface area (Å²) in [5.74, 6) is -0.808. The van der Waals surface area contributed by atoms with Gasteiger partial charge in [0.1, 0.15) is 18.2 Å². The van der Waals surface area contributed by atoms with Crippen LogP contribution >= 0.6 is 0 Å². The molecular formula is C22H28FN3O5S. The Morgan fingerprint density at radius 3 is 2.19 bits per heavy atom. The molecule has 2 aromatic carbocycles. The van der Waals surface area contributed by atoms with Crippen molar-refractivity contribution in [2.45, 2.75) is 20.8 Å². The number of ether oxygens (including phenoxy) is 1. The van der Waals surface area contributed by atoms with E-state index >= 15 is 0 Å². The van der Waals surface area contributed by atoms with Gasteiger partial charge in [-0.3, -0.25) is 9.59 Å². The van der Waals surface area contributed by atoms with E-state index in [1.807, 2.05) is 0 Å². The molecular weight excluding hydrogens is 437 g/mol. The number of hydrogen-bond acceptors (Lipinski definition) is 5. The van der Waals surface area contributed by atoms with Crippen LogP contribution < -0.4 is 20.1 Å². The maximum absolute atomic E-state index is 12.8. The Hall–Kier alpha value is -2.98. The van der Waals surface area contributed by atoms with Crippen LogP contribution in [-0.2, 0) is 14.8 Å². The molecule has 0 bridgehead atoms. The van der Waals surface area contributed by atoms with E-state index in [0.717, 1.165) is 0 Å². The molecule has 0 spiro atoms. The van der Waals surface area contributed by atoms with E-state index in [9.17, 15) is 22.4 Å². The van der Waals surface area contributed by atoms with Crippen LogP contribution in [0.5, 0.6) is 5.75 Å². The lowest BCUT2D eigenvalue weighted by atomic mass is 9.95. The van der Waals surface area contributed by atoms with Crippen LogP contribution in [-0.4, -0.2) is 45.7 Å². The zero-order chi connectivity index (χ0) is 23.8. The van der Waals surface area contributed by atoms with Crippen molar-refractivity contribution < 1.29 is 27.1 Å². The van der Waals surface area contributed by atoms with Gasteiger partial charge in [-0.1, -0.05) is 20.8 Å². The molecule has 0 aliphatic carbocycles. The first-order chi connectivity index (χ1) is 15.0. The number of carbonyl (C=O) groups is 2. The summed E-state index contributed by atoms with van der Waals surface area (Å²) in [5, 5.41) is 5.40. The topological polar surface area (TPSA) is 114 Å². The van der Waals surface area contributed by atoms with Gasteiger partial charge in [0.15, 0.2) is 0 Å². The van der Waals surface area contributed by atoms with Crippen LogP contribution in [0, 0.1) is 11.2 Å². The second kappa shape index (κ2) is 11.1. The Morgan fingerprint density at radius 2 is 1.59 bits per heavy atom. The number of carbonyl (C=O) groups excluding carboxylic acids is 2. The number of nitrogens with one attached hydrogen (secondary N) is 3. The first-order valence-corrected chi connectivity index (χ1v) is 11.7. The van der Waals surface area contributed by atoms with Gasteiger partial charge >= 0.3 is 0 Å². The van der Waals surface area contributed by atoms with Crippen molar-refractivity contribution in [3.63, 3.8) is 0 Å². The third kappa shape index (κ3) is 8.64. The summed E-state index contributed by atoms with van der Waals surface area (Å²) in [6, 6.07) is 11.7. The third-order valence-electron chi connectivity index (χ3n) is 4.25. The van der Waals surface area contributed by atoms with Crippen molar-refractivity contribution >= 4 is 27.5 Å². The van der Waals surface area contributed by atoms with Gasteiger partial charge in [-0.05, 0) is 48.5 Å². The van der Waals surface area contributed by atoms with E-state index in [-0.39, 0.29) is 37.3 Å². The second-order valence-electron chi connectivity index (χ2n) is 8.05. The van der Waals surface area contributed by atoms with Gasteiger partial charge < -0.3 is 15.4 Å². The van der Waals surface area contributed by atoms with Gasteiger partial charge in [-0.25, -0.2) is 17.5 Å². The molecule has 0 saturated heterocycles. The number of anilines is 1. The van der Waals surface area contributed by atoms with Crippen LogP contribution in [0.2, 0.25) is 0 Å². The maximum atomic E-state index is 12.8. The molecule has 0 atom stereocenters. The Bertz CT molecular complexity index is 1020. The van der Waals surface area contributed by atoms with Crippen molar-refractivity contribution in [1.29, 1.82) is 0 Å². The first-order valence-electron chi connectivity index (χ1n) is 10.0. The Morgan fingerprint density at radius 1 is 0.969 bits per heavy atom. The van der Waals surface area contributed by atoms with Crippen LogP contribution in [0.25, 0.3) is 0 Å². The monoisotopic (exact) mass is 465 g/mol. The SMILES string of the molecule is CC(C)(C)C(=O)Nc1ccc(C(=O)NCCNS(=O)(=O)CCOc2ccc(F)cc2)cc1. The van der Waals surface area contributed by atoms with Crippen molar-refractivity contribution in [3.8, 4) is 5.75 Å². The number of benzene rings is 2. The van der Waals surface area contributed by atoms with E-state index < -0.39 is 21.3 Å². The lowest BCUT2D eigenvalue weighted by Gasteiger charge is -2.17. The van der Waals surface area contributed by atoms with Crippen molar-refractivity contribution in [2.24, 2.45) is 5.41 Å². The smallest absolute Gasteiger partial charge is 0.251 e. The highest BCUT2D eigenvalue weighted by Crippen LogP contribution is 2.17. The normalized spacial score (nSPS) is 11.6. The number of sulfonamides is 1. The molecule has 0 saturated carbocycles. The molecule has 10 heteroatoms. The molecule has 0 unspecified atom stereocenters. The number of hydrogen-bond donors (Lipinski definition) is 3. The number of halogens is 1. The van der Waals surface area contributed by atoms with Gasteiger partial charge in [0.2, 0.25) is 15.9 Å². The molecule has 2 amide bonds. The Kier molecular flexibility index (Phi) is 8.73. The van der Waals surface area contributed by atoms with E-state index in [1.54, 1.807) is 45.0 Å². The minimum atomic E-state index is -3.59. The number of rotatable bonds is 10. The fourth-order valence-electron chi connectivity index (χ4n) is 2.38. The Balaban J connectivity index is 1.70. The predicted octanol–water partition coefficient (Wildman–Crippen LogP) is 2.54. The zero-order valence-electron chi connectivity index (χ0n) is 18.3. The van der Waals surface area contributed by atoms with Crippen LogP contribution in [0.1, 0.15) is 31.1 Å². The molecule has 0 aliphatic heterocycles. The lowest BCUT2D eigenvalue weighted by Crippen LogP contribution is -2.36. The van der Waals surface area contributed by atoms with Crippen LogP contribution in [0.4, 0.5) is 10.1 Å². The summed E-state index contributed by atoms with van der Waals surface area (Å²) < 4.78 is 44.5. The first kappa shape index (κ1) is 25.3. The molecule has 3 N–H and O–H groups in total. The minimum absolute atomic E-state index is 0.0182. The van der Waals surface area contributed by atoms with E-state index in [1.165, 1.54) is 24.3 Å². The highest BCUT2D eigenvalue weighted by molar-refractivity contribution is 7.89. The summed E-state index contributed by atoms with van der Waals surface area (Å²) in [4.78, 5) is 24.2. The molecule has 0 aromatic heterocycles. The highest BCUT2D eigenvalue weighted by Gasteiger charge is 2.21. The standard InChI is InChI=1S/C22H28FN3O5S/c1-22(2,3)21(28)26-18-8-4-16(5-9-18)20(27)24-12-13-25-32(29,30)15-14-31-19-10-6-17(23)7-11-19/h4-11,25H,12-15H2,1-3H3,(H,24,27)(H,26,28). The van der Waals surface area contributed by atoms with E-state index in [2.05, 4.69) is 15.4 Å². The molecule has 0 fully saturated rings. The van der Waals surface area contributed by atoms with Crippen molar-refractivity contribution in [1.82, 2.24) is 10.0 Å². The largest absolute Gasteiger partial charge is 0.492 e. The van der Waals surface area contributed by atoms with Crippen molar-refractivity contribution in [2.75, 3.05) is 30.8 Å². The second-order valence-corrected chi connectivity index (χ2v) is 9.98. The quantitative estimate of drug-likeness (QED) is 0.467. The zero-order valence-corrected chi connectivity index (χ0v) is 19.1. The molecule has 8 nitrogen and oxygen atoms in total. The van der Waals surface area contributed by atoms with Crippen LogP contribution in [0.15, 0.2) is 48.5 Å². The lowest BCUT2D eigenvalue weighted by molar-refractivity contribution is -0.123. The Labute approximate surface area is 187 Å². The van der Waals surface area contributed by atoms with Gasteiger partial charge in [0.05, 0.1) is 5.75 Å². The van der Waals surface area contributed by atoms with Gasteiger partial charge in [-0.15, -0.1) is 0 Å². The van der Waals surface area contributed by atoms with Gasteiger partial charge in [0, 0.05) is 29.8 Å². The summed E-state index contributed by atoms with van der Waals surface area (Å²) in [7, 11) is -3.59. The molecule has 2 rings (SSSR count). The minimum Gasteiger partial charge on any atom is -0.492 e. The third-order valence-corrected chi connectivity index (χ3v) is 5.60. The molecule has 0 heterocycles. The summed E-state index contributed by atoms with van der Waals surface area (Å²) in [6.07, 6.45) is 0. The molecule has 2 aromatic rings.